The summed E-state index contributed by atoms with van der Waals surface area (Å²) in [5.41, 5.74) is 0.453. The summed E-state index contributed by atoms with van der Waals surface area (Å²) in [7, 11) is 0. The molecule has 5 rings (SSSR count). The Bertz CT molecular complexity index is 1390. The normalized spacial score (nSPS) is 15.2. The predicted octanol–water partition coefficient (Wildman–Crippen LogP) is 3.89. The molecule has 0 saturated carbocycles. The molecule has 10 heteroatoms. The van der Waals surface area contributed by atoms with Crippen molar-refractivity contribution in [3.8, 4) is 0 Å². The van der Waals surface area contributed by atoms with E-state index in [0.29, 0.717) is 38.8 Å². The molecule has 0 unspecified atom stereocenters. The zero-order chi connectivity index (χ0) is 22.1. The lowest BCUT2D eigenvalue weighted by molar-refractivity contribution is -0.122. The fraction of sp³-hybridized carbons (Fsp3) is 0.0909. The van der Waals surface area contributed by atoms with Crippen molar-refractivity contribution in [1.82, 2.24) is 14.3 Å². The summed E-state index contributed by atoms with van der Waals surface area (Å²) in [5.74, 6) is 1.38. The van der Waals surface area contributed by atoms with E-state index in [9.17, 15) is 9.59 Å². The van der Waals surface area contributed by atoms with Gasteiger partial charge in [-0.25, -0.2) is 4.98 Å². The van der Waals surface area contributed by atoms with Gasteiger partial charge >= 0.3 is 0 Å². The third-order valence-corrected chi connectivity index (χ3v) is 6.20. The molecule has 0 aliphatic carbocycles. The number of hydrogen-bond donors (Lipinski definition) is 1. The minimum atomic E-state index is -0.297. The summed E-state index contributed by atoms with van der Waals surface area (Å²) >= 11 is 6.53. The fourth-order valence-electron chi connectivity index (χ4n) is 3.28. The summed E-state index contributed by atoms with van der Waals surface area (Å²) in [6.07, 6.45) is 6.30. The number of furan rings is 2. The predicted molar refractivity (Wildman–Crippen MR) is 125 cm³/mol. The lowest BCUT2D eigenvalue weighted by Crippen LogP contribution is -2.27. The second-order valence-electron chi connectivity index (χ2n) is 6.89. The van der Waals surface area contributed by atoms with Crippen LogP contribution in [0.25, 0.3) is 11.7 Å². The zero-order valence-corrected chi connectivity index (χ0v) is 18.2. The third kappa shape index (κ3) is 3.85. The van der Waals surface area contributed by atoms with E-state index in [1.165, 1.54) is 9.30 Å². The van der Waals surface area contributed by atoms with Crippen LogP contribution >= 0.6 is 24.0 Å². The summed E-state index contributed by atoms with van der Waals surface area (Å²) in [6, 6.07) is 12.4. The van der Waals surface area contributed by atoms with Crippen LogP contribution in [0, 0.1) is 0 Å². The number of thioether (sulfide) groups is 1. The number of thiocarbonyl (C=S) groups is 1. The SMILES string of the molecule is O=C1C(=Cc2c(NCc3ccco3)nc3ccccn3c2=O)SC(=S)N1Cc1ccco1. The van der Waals surface area contributed by atoms with Crippen LogP contribution in [0.5, 0.6) is 0 Å². The van der Waals surface area contributed by atoms with Gasteiger partial charge in [-0.1, -0.05) is 30.0 Å². The maximum absolute atomic E-state index is 13.3. The van der Waals surface area contributed by atoms with E-state index in [4.69, 9.17) is 21.1 Å². The van der Waals surface area contributed by atoms with Crippen LogP contribution in [0.4, 0.5) is 5.82 Å². The average Bonchev–Trinajstić information content (AvgIpc) is 3.55. The molecule has 4 aromatic heterocycles. The van der Waals surface area contributed by atoms with Gasteiger partial charge in [0.15, 0.2) is 0 Å². The zero-order valence-electron chi connectivity index (χ0n) is 16.6. The van der Waals surface area contributed by atoms with E-state index in [2.05, 4.69) is 10.3 Å². The van der Waals surface area contributed by atoms with Gasteiger partial charge < -0.3 is 14.2 Å². The minimum absolute atomic E-state index is 0.230. The van der Waals surface area contributed by atoms with Crippen molar-refractivity contribution in [3.63, 3.8) is 0 Å². The second kappa shape index (κ2) is 8.48. The molecule has 1 saturated heterocycles. The minimum Gasteiger partial charge on any atom is -0.467 e. The molecular formula is C22H16N4O4S2. The largest absolute Gasteiger partial charge is 0.467 e. The topological polar surface area (TPSA) is 93.0 Å². The number of rotatable bonds is 6. The van der Waals surface area contributed by atoms with E-state index in [0.717, 1.165) is 11.8 Å². The van der Waals surface area contributed by atoms with Crippen LogP contribution in [-0.2, 0) is 17.9 Å². The number of nitrogens with one attached hydrogen (secondary N) is 1. The van der Waals surface area contributed by atoms with E-state index in [1.54, 1.807) is 61.2 Å². The third-order valence-electron chi connectivity index (χ3n) is 4.82. The van der Waals surface area contributed by atoms with Crippen LogP contribution in [0.15, 0.2) is 79.7 Å². The quantitative estimate of drug-likeness (QED) is 0.339. The van der Waals surface area contributed by atoms with Gasteiger partial charge in [0, 0.05) is 6.20 Å². The van der Waals surface area contributed by atoms with Crippen molar-refractivity contribution in [2.45, 2.75) is 13.1 Å². The van der Waals surface area contributed by atoms with Crippen molar-refractivity contribution in [1.29, 1.82) is 0 Å². The molecule has 0 bridgehead atoms. The van der Waals surface area contributed by atoms with Gasteiger partial charge in [0.25, 0.3) is 11.5 Å². The molecule has 1 aliphatic heterocycles. The average molecular weight is 465 g/mol. The first-order chi connectivity index (χ1) is 15.6. The van der Waals surface area contributed by atoms with Crippen molar-refractivity contribution >= 4 is 51.7 Å². The van der Waals surface area contributed by atoms with Crippen LogP contribution in [0.3, 0.4) is 0 Å². The summed E-state index contributed by atoms with van der Waals surface area (Å²) in [5, 5.41) is 3.15. The number of pyridine rings is 1. The maximum Gasteiger partial charge on any atom is 0.267 e. The Morgan fingerprint density at radius 1 is 1.06 bits per heavy atom. The van der Waals surface area contributed by atoms with Gasteiger partial charge in [-0.3, -0.25) is 18.9 Å². The van der Waals surface area contributed by atoms with Crippen molar-refractivity contribution in [2.75, 3.05) is 5.32 Å². The number of carbonyl (C=O) groups is 1. The number of aromatic nitrogens is 2. The first-order valence-electron chi connectivity index (χ1n) is 9.65. The Morgan fingerprint density at radius 3 is 2.59 bits per heavy atom. The summed E-state index contributed by atoms with van der Waals surface area (Å²) in [4.78, 5) is 32.7. The van der Waals surface area contributed by atoms with Crippen LogP contribution in [0.2, 0.25) is 0 Å². The van der Waals surface area contributed by atoms with Crippen LogP contribution in [0.1, 0.15) is 17.1 Å². The number of hydrogen-bond acceptors (Lipinski definition) is 8. The van der Waals surface area contributed by atoms with E-state index < -0.39 is 0 Å². The molecule has 1 N–H and O–H groups in total. The summed E-state index contributed by atoms with van der Waals surface area (Å²) < 4.78 is 12.5. The molecule has 8 nitrogen and oxygen atoms in total. The highest BCUT2D eigenvalue weighted by atomic mass is 32.2. The first kappa shape index (κ1) is 20.3. The highest BCUT2D eigenvalue weighted by molar-refractivity contribution is 8.26. The smallest absolute Gasteiger partial charge is 0.267 e. The van der Waals surface area contributed by atoms with Gasteiger partial charge in [0.05, 0.1) is 36.1 Å². The van der Waals surface area contributed by atoms with Crippen LogP contribution in [-0.4, -0.2) is 24.5 Å². The van der Waals surface area contributed by atoms with Gasteiger partial charge in [0.1, 0.15) is 27.3 Å². The molecule has 0 atom stereocenters. The lowest BCUT2D eigenvalue weighted by atomic mass is 10.2. The Morgan fingerprint density at radius 2 is 1.84 bits per heavy atom. The molecule has 1 aliphatic rings. The maximum atomic E-state index is 13.3. The van der Waals surface area contributed by atoms with Gasteiger partial charge in [-0.15, -0.1) is 0 Å². The number of amides is 1. The summed E-state index contributed by atoms with van der Waals surface area (Å²) in [6.45, 7) is 0.566. The van der Waals surface area contributed by atoms with Crippen molar-refractivity contribution < 1.29 is 13.6 Å². The number of fused-ring (bicyclic) bond motifs is 1. The number of carbonyl (C=O) groups excluding carboxylic acids is 1. The van der Waals surface area contributed by atoms with Crippen molar-refractivity contribution in [3.05, 3.63) is 93.5 Å². The molecule has 160 valence electrons. The van der Waals surface area contributed by atoms with E-state index in [-0.39, 0.29) is 23.6 Å². The first-order valence-corrected chi connectivity index (χ1v) is 10.9. The van der Waals surface area contributed by atoms with Crippen LogP contribution < -0.4 is 10.9 Å². The lowest BCUT2D eigenvalue weighted by Gasteiger charge is -2.12. The molecule has 0 radical (unpaired) electrons. The molecule has 5 heterocycles. The van der Waals surface area contributed by atoms with Gasteiger partial charge in [0.2, 0.25) is 0 Å². The number of anilines is 1. The standard InChI is InChI=1S/C22H16N4O4S2/c27-20-16(11-17-21(28)26(22(31)32-17)13-15-6-4-10-30-15)19(23-12-14-5-3-9-29-14)24-18-7-1-2-8-25(18)20/h1-11,23H,12-13H2. The Labute approximate surface area is 191 Å². The molecule has 0 aromatic carbocycles. The molecule has 32 heavy (non-hydrogen) atoms. The monoisotopic (exact) mass is 464 g/mol. The van der Waals surface area contributed by atoms with Gasteiger partial charge in [-0.2, -0.15) is 0 Å². The Hall–Kier alpha value is -3.63. The number of nitrogens with zero attached hydrogens (tertiary/aromatic N) is 3. The molecular weight excluding hydrogens is 448 g/mol. The molecule has 4 aromatic rings. The van der Waals surface area contributed by atoms with E-state index >= 15 is 0 Å². The van der Waals surface area contributed by atoms with Gasteiger partial charge in [-0.05, 0) is 42.5 Å². The van der Waals surface area contributed by atoms with E-state index in [1.807, 2.05) is 6.07 Å². The fourth-order valence-corrected chi connectivity index (χ4v) is 4.51. The Balaban J connectivity index is 1.53. The second-order valence-corrected chi connectivity index (χ2v) is 8.56. The molecule has 0 spiro atoms. The molecule has 1 fully saturated rings. The highest BCUT2D eigenvalue weighted by Crippen LogP contribution is 2.34. The highest BCUT2D eigenvalue weighted by Gasteiger charge is 2.33. The Kier molecular flexibility index (Phi) is 5.38. The van der Waals surface area contributed by atoms with Crippen molar-refractivity contribution in [2.24, 2.45) is 0 Å². The molecule has 1 amide bonds.